The van der Waals surface area contributed by atoms with E-state index < -0.39 is 5.82 Å². The molecule has 0 aliphatic carbocycles. The molecular formula is C24H26ClFN6O. The molecule has 0 bridgehead atoms. The molecule has 1 amide bonds. The van der Waals surface area contributed by atoms with Crippen LogP contribution in [0.3, 0.4) is 0 Å². The highest BCUT2D eigenvalue weighted by Crippen LogP contribution is 2.28. The molecule has 1 aliphatic heterocycles. The lowest BCUT2D eigenvalue weighted by atomic mass is 10.00. The predicted octanol–water partition coefficient (Wildman–Crippen LogP) is 5.47. The van der Waals surface area contributed by atoms with Gasteiger partial charge in [0.2, 0.25) is 5.91 Å². The number of amides is 1. The molecule has 0 saturated heterocycles. The number of anilines is 1. The summed E-state index contributed by atoms with van der Waals surface area (Å²) in [5, 5.41) is 4.54. The molecule has 172 valence electrons. The Kier molecular flexibility index (Phi) is 7.03. The minimum absolute atomic E-state index is 0.000379. The van der Waals surface area contributed by atoms with Gasteiger partial charge in [-0.2, -0.15) is 0 Å². The van der Waals surface area contributed by atoms with Gasteiger partial charge in [-0.05, 0) is 31.4 Å². The van der Waals surface area contributed by atoms with Gasteiger partial charge in [0.25, 0.3) is 0 Å². The number of hydrogen-bond acceptors (Lipinski definition) is 5. The zero-order chi connectivity index (χ0) is 23.4. The molecule has 33 heavy (non-hydrogen) atoms. The number of aromatic nitrogens is 4. The molecule has 0 saturated carbocycles. The van der Waals surface area contributed by atoms with Crippen molar-refractivity contribution in [3.63, 3.8) is 0 Å². The van der Waals surface area contributed by atoms with Gasteiger partial charge in [0.05, 0.1) is 17.3 Å². The number of nitrogens with one attached hydrogen (secondary N) is 2. The normalized spacial score (nSPS) is 16.4. The number of halogens is 2. The van der Waals surface area contributed by atoms with E-state index in [4.69, 9.17) is 11.6 Å². The van der Waals surface area contributed by atoms with E-state index in [2.05, 4.69) is 32.2 Å². The molecule has 0 radical (unpaired) electrons. The molecule has 3 aromatic heterocycles. The second-order valence-corrected chi connectivity index (χ2v) is 8.51. The maximum atomic E-state index is 14.7. The van der Waals surface area contributed by atoms with Gasteiger partial charge >= 0.3 is 0 Å². The summed E-state index contributed by atoms with van der Waals surface area (Å²) in [6.07, 6.45) is 15.4. The van der Waals surface area contributed by atoms with Crippen LogP contribution in [-0.2, 0) is 4.79 Å². The smallest absolute Gasteiger partial charge is 0.223 e. The van der Waals surface area contributed by atoms with E-state index in [-0.39, 0.29) is 23.8 Å². The molecule has 2 N–H and O–H groups in total. The summed E-state index contributed by atoms with van der Waals surface area (Å²) < 4.78 is 14.7. The second-order valence-electron chi connectivity index (χ2n) is 8.07. The van der Waals surface area contributed by atoms with Crippen LogP contribution in [0, 0.1) is 5.82 Å². The topological polar surface area (TPSA) is 86.8 Å². The fourth-order valence-electron chi connectivity index (χ4n) is 4.08. The van der Waals surface area contributed by atoms with Gasteiger partial charge in [-0.3, -0.25) is 4.79 Å². The van der Waals surface area contributed by atoms with Crippen LogP contribution < -0.4 is 5.32 Å². The molecule has 4 rings (SSSR count). The quantitative estimate of drug-likeness (QED) is 0.457. The number of nitrogens with zero attached hydrogens (tertiary/aromatic N) is 4. The molecule has 3 aromatic rings. The summed E-state index contributed by atoms with van der Waals surface area (Å²) in [6.45, 7) is 3.65. The number of fused-ring (bicyclic) bond motifs is 1. The SMILES string of the molecule is CCCC(CC[C@@H]1C=CC=CN1C(C)=O)Nc1nc(-c2c[nH]c3ncc(Cl)cc23)ncc1F. The van der Waals surface area contributed by atoms with Crippen LogP contribution in [0.25, 0.3) is 22.4 Å². The van der Waals surface area contributed by atoms with Crippen molar-refractivity contribution in [1.82, 2.24) is 24.8 Å². The summed E-state index contributed by atoms with van der Waals surface area (Å²) in [7, 11) is 0. The fraction of sp³-hybridized carbons (Fsp3) is 0.333. The molecule has 4 heterocycles. The lowest BCUT2D eigenvalue weighted by Gasteiger charge is -2.29. The Morgan fingerprint density at radius 1 is 1.30 bits per heavy atom. The van der Waals surface area contributed by atoms with E-state index in [1.54, 1.807) is 36.5 Å². The number of carbonyl (C=O) groups is 1. The third-order valence-electron chi connectivity index (χ3n) is 5.68. The number of aromatic amines is 1. The fourth-order valence-corrected chi connectivity index (χ4v) is 4.23. The highest BCUT2D eigenvalue weighted by Gasteiger charge is 2.21. The number of H-pyrrole nitrogens is 1. The van der Waals surface area contributed by atoms with Crippen molar-refractivity contribution < 1.29 is 9.18 Å². The van der Waals surface area contributed by atoms with E-state index >= 15 is 0 Å². The van der Waals surface area contributed by atoms with Crippen molar-refractivity contribution in [3.05, 3.63) is 59.9 Å². The van der Waals surface area contributed by atoms with Gasteiger partial charge in [0.1, 0.15) is 5.65 Å². The average molecular weight is 469 g/mol. The lowest BCUT2D eigenvalue weighted by Crippen LogP contribution is -2.35. The Balaban J connectivity index is 1.53. The van der Waals surface area contributed by atoms with Crippen LogP contribution in [0.1, 0.15) is 39.5 Å². The highest BCUT2D eigenvalue weighted by atomic mass is 35.5. The van der Waals surface area contributed by atoms with Crippen molar-refractivity contribution >= 4 is 34.4 Å². The van der Waals surface area contributed by atoms with Crippen LogP contribution in [0.4, 0.5) is 10.2 Å². The molecule has 2 atom stereocenters. The van der Waals surface area contributed by atoms with Crippen molar-refractivity contribution in [2.45, 2.75) is 51.6 Å². The van der Waals surface area contributed by atoms with Gasteiger partial charge in [-0.1, -0.05) is 37.1 Å². The van der Waals surface area contributed by atoms with E-state index in [1.807, 2.05) is 18.2 Å². The van der Waals surface area contributed by atoms with Crippen LogP contribution in [0.15, 0.2) is 49.1 Å². The highest BCUT2D eigenvalue weighted by molar-refractivity contribution is 6.31. The maximum Gasteiger partial charge on any atom is 0.223 e. The van der Waals surface area contributed by atoms with Gasteiger partial charge < -0.3 is 15.2 Å². The molecule has 0 fully saturated rings. The van der Waals surface area contributed by atoms with E-state index in [1.165, 1.54) is 6.20 Å². The molecule has 9 heteroatoms. The zero-order valence-corrected chi connectivity index (χ0v) is 19.3. The number of pyridine rings is 1. The van der Waals surface area contributed by atoms with E-state index in [9.17, 15) is 9.18 Å². The first kappa shape index (κ1) is 22.9. The van der Waals surface area contributed by atoms with Crippen LogP contribution in [-0.4, -0.2) is 42.8 Å². The van der Waals surface area contributed by atoms with Crippen molar-refractivity contribution in [2.75, 3.05) is 5.32 Å². The molecular weight excluding hydrogens is 443 g/mol. The number of rotatable bonds is 8. The van der Waals surface area contributed by atoms with E-state index in [0.29, 0.717) is 22.1 Å². The summed E-state index contributed by atoms with van der Waals surface area (Å²) >= 11 is 6.10. The minimum Gasteiger partial charge on any atom is -0.365 e. The standard InChI is InChI=1S/C24H26ClFN6O/c1-3-6-17(8-9-18-7-4-5-10-32(18)15(2)33)30-24-21(26)14-29-23(31-24)20-13-28-22-19(20)11-16(25)12-27-22/h4-5,7,10-14,17-18H,3,6,8-9H2,1-2H3,(H,27,28)(H,29,30,31)/t17?,18-/m0/s1. The Morgan fingerprint density at radius 2 is 2.15 bits per heavy atom. The van der Waals surface area contributed by atoms with Gasteiger partial charge in [0, 0.05) is 42.5 Å². The van der Waals surface area contributed by atoms with Gasteiger partial charge in [0.15, 0.2) is 17.5 Å². The lowest BCUT2D eigenvalue weighted by molar-refractivity contribution is -0.127. The summed E-state index contributed by atoms with van der Waals surface area (Å²) in [6, 6.07) is 1.77. The monoisotopic (exact) mass is 468 g/mol. The van der Waals surface area contributed by atoms with E-state index in [0.717, 1.165) is 31.1 Å². The number of carbonyl (C=O) groups excluding carboxylic acids is 1. The first-order valence-electron chi connectivity index (χ1n) is 11.0. The molecule has 7 nitrogen and oxygen atoms in total. The number of hydrogen-bond donors (Lipinski definition) is 2. The molecule has 1 unspecified atom stereocenters. The second kappa shape index (κ2) is 10.1. The number of allylic oxidation sites excluding steroid dienone is 2. The minimum atomic E-state index is -0.512. The largest absolute Gasteiger partial charge is 0.365 e. The molecule has 0 spiro atoms. The predicted molar refractivity (Wildman–Crippen MR) is 128 cm³/mol. The summed E-state index contributed by atoms with van der Waals surface area (Å²) in [5.41, 5.74) is 1.36. The Labute approximate surface area is 196 Å². The zero-order valence-electron chi connectivity index (χ0n) is 18.6. The third kappa shape index (κ3) is 5.22. The first-order chi connectivity index (χ1) is 16.0. The first-order valence-corrected chi connectivity index (χ1v) is 11.4. The molecule has 0 aromatic carbocycles. The Hall–Kier alpha value is -3.26. The van der Waals surface area contributed by atoms with Crippen molar-refractivity contribution in [1.29, 1.82) is 0 Å². The third-order valence-corrected chi connectivity index (χ3v) is 5.89. The Bertz CT molecular complexity index is 1210. The van der Waals surface area contributed by atoms with Crippen molar-refractivity contribution in [2.24, 2.45) is 0 Å². The van der Waals surface area contributed by atoms with Crippen molar-refractivity contribution in [3.8, 4) is 11.4 Å². The summed E-state index contributed by atoms with van der Waals surface area (Å²) in [4.78, 5) is 29.6. The van der Waals surface area contributed by atoms with Crippen LogP contribution in [0.2, 0.25) is 5.02 Å². The summed E-state index contributed by atoms with van der Waals surface area (Å²) in [5.74, 6) is 0.0278. The average Bonchev–Trinajstić information content (AvgIpc) is 3.22. The van der Waals surface area contributed by atoms with Gasteiger partial charge in [-0.15, -0.1) is 0 Å². The van der Waals surface area contributed by atoms with Crippen LogP contribution >= 0.6 is 11.6 Å². The van der Waals surface area contributed by atoms with Crippen LogP contribution in [0.5, 0.6) is 0 Å². The maximum absolute atomic E-state index is 14.7. The Morgan fingerprint density at radius 3 is 2.94 bits per heavy atom. The molecule has 1 aliphatic rings. The van der Waals surface area contributed by atoms with Gasteiger partial charge in [-0.25, -0.2) is 19.3 Å².